The number of benzene rings is 1. The summed E-state index contributed by atoms with van der Waals surface area (Å²) in [6.45, 7) is 4.02. The SMILES string of the molecule is CCN(C[C@@H]1CCOC1)S(=O)(=O)c1ccc(C(=O)NC)cc1. The first-order chi connectivity index (χ1) is 10.5. The van der Waals surface area contributed by atoms with Crippen molar-refractivity contribution in [3.05, 3.63) is 29.8 Å². The number of nitrogens with one attached hydrogen (secondary N) is 1. The first-order valence-electron chi connectivity index (χ1n) is 7.39. The van der Waals surface area contributed by atoms with Gasteiger partial charge in [0.05, 0.1) is 11.5 Å². The number of amides is 1. The van der Waals surface area contributed by atoms with Crippen molar-refractivity contribution in [1.82, 2.24) is 9.62 Å². The molecule has 1 heterocycles. The molecule has 0 aromatic heterocycles. The lowest BCUT2D eigenvalue weighted by molar-refractivity contribution is 0.0963. The first kappa shape index (κ1) is 16.9. The number of ether oxygens (including phenoxy) is 1. The number of rotatable bonds is 6. The molecule has 22 heavy (non-hydrogen) atoms. The van der Waals surface area contributed by atoms with Crippen LogP contribution in [0.5, 0.6) is 0 Å². The molecule has 1 aliphatic rings. The Hall–Kier alpha value is -1.44. The van der Waals surface area contributed by atoms with E-state index in [1.807, 2.05) is 6.92 Å². The van der Waals surface area contributed by atoms with Crippen LogP contribution in [0.4, 0.5) is 0 Å². The number of carbonyl (C=O) groups is 1. The summed E-state index contributed by atoms with van der Waals surface area (Å²) in [6, 6.07) is 6.01. The molecule has 0 aliphatic carbocycles. The molecule has 0 unspecified atom stereocenters. The number of hydrogen-bond donors (Lipinski definition) is 1. The molecule has 0 spiro atoms. The highest BCUT2D eigenvalue weighted by Crippen LogP contribution is 2.21. The third-order valence-electron chi connectivity index (χ3n) is 3.82. The van der Waals surface area contributed by atoms with Gasteiger partial charge < -0.3 is 10.1 Å². The van der Waals surface area contributed by atoms with Crippen LogP contribution in [0.25, 0.3) is 0 Å². The number of sulfonamides is 1. The summed E-state index contributed by atoms with van der Waals surface area (Å²) >= 11 is 0. The van der Waals surface area contributed by atoms with Gasteiger partial charge in [-0.15, -0.1) is 0 Å². The maximum absolute atomic E-state index is 12.7. The Labute approximate surface area is 131 Å². The highest BCUT2D eigenvalue weighted by atomic mass is 32.2. The van der Waals surface area contributed by atoms with Crippen molar-refractivity contribution < 1.29 is 17.9 Å². The Kier molecular flexibility index (Phi) is 5.55. The second-order valence-corrected chi connectivity index (χ2v) is 7.23. The van der Waals surface area contributed by atoms with Crippen LogP contribution in [0.15, 0.2) is 29.2 Å². The van der Waals surface area contributed by atoms with E-state index in [0.717, 1.165) is 6.42 Å². The normalized spacial score (nSPS) is 18.6. The van der Waals surface area contributed by atoms with Crippen molar-refractivity contribution >= 4 is 15.9 Å². The third kappa shape index (κ3) is 3.66. The molecule has 1 amide bonds. The van der Waals surface area contributed by atoms with Crippen LogP contribution in [0.3, 0.4) is 0 Å². The zero-order valence-electron chi connectivity index (χ0n) is 12.9. The largest absolute Gasteiger partial charge is 0.381 e. The van der Waals surface area contributed by atoms with E-state index >= 15 is 0 Å². The van der Waals surface area contributed by atoms with Gasteiger partial charge in [-0.2, -0.15) is 4.31 Å². The number of nitrogens with zero attached hydrogens (tertiary/aromatic N) is 1. The topological polar surface area (TPSA) is 75.7 Å². The van der Waals surface area contributed by atoms with Crippen LogP contribution in [0, 0.1) is 5.92 Å². The van der Waals surface area contributed by atoms with Crippen molar-refractivity contribution in [2.24, 2.45) is 5.92 Å². The minimum atomic E-state index is -3.54. The molecule has 1 atom stereocenters. The van der Waals surface area contributed by atoms with E-state index in [2.05, 4.69) is 5.32 Å². The van der Waals surface area contributed by atoms with E-state index in [-0.39, 0.29) is 16.7 Å². The van der Waals surface area contributed by atoms with Crippen molar-refractivity contribution in [2.75, 3.05) is 33.4 Å². The fourth-order valence-corrected chi connectivity index (χ4v) is 4.01. The quantitative estimate of drug-likeness (QED) is 0.849. The zero-order chi connectivity index (χ0) is 16.2. The van der Waals surface area contributed by atoms with Gasteiger partial charge in [0.1, 0.15) is 0 Å². The molecule has 0 radical (unpaired) electrons. The number of hydrogen-bond acceptors (Lipinski definition) is 4. The van der Waals surface area contributed by atoms with E-state index in [9.17, 15) is 13.2 Å². The fourth-order valence-electron chi connectivity index (χ4n) is 2.48. The third-order valence-corrected chi connectivity index (χ3v) is 5.77. The van der Waals surface area contributed by atoms with Crippen LogP contribution in [-0.4, -0.2) is 52.0 Å². The van der Waals surface area contributed by atoms with Gasteiger partial charge in [-0.3, -0.25) is 4.79 Å². The molecule has 1 N–H and O–H groups in total. The summed E-state index contributed by atoms with van der Waals surface area (Å²) in [5, 5.41) is 2.51. The van der Waals surface area contributed by atoms with Crippen LogP contribution in [-0.2, 0) is 14.8 Å². The van der Waals surface area contributed by atoms with E-state index in [0.29, 0.717) is 31.9 Å². The Morgan fingerprint density at radius 3 is 2.55 bits per heavy atom. The van der Waals surface area contributed by atoms with Crippen molar-refractivity contribution in [2.45, 2.75) is 18.2 Å². The molecule has 1 saturated heterocycles. The zero-order valence-corrected chi connectivity index (χ0v) is 13.7. The van der Waals surface area contributed by atoms with E-state index in [1.165, 1.54) is 35.6 Å². The van der Waals surface area contributed by atoms with E-state index < -0.39 is 10.0 Å². The lowest BCUT2D eigenvalue weighted by Gasteiger charge is -2.23. The van der Waals surface area contributed by atoms with Crippen molar-refractivity contribution in [3.63, 3.8) is 0 Å². The summed E-state index contributed by atoms with van der Waals surface area (Å²) < 4.78 is 32.2. The molecule has 0 bridgehead atoms. The van der Waals surface area contributed by atoms with Gasteiger partial charge >= 0.3 is 0 Å². The summed E-state index contributed by atoms with van der Waals surface area (Å²) in [4.78, 5) is 11.7. The van der Waals surface area contributed by atoms with E-state index in [1.54, 1.807) is 0 Å². The van der Waals surface area contributed by atoms with Gasteiger partial charge in [-0.05, 0) is 36.6 Å². The van der Waals surface area contributed by atoms with Gasteiger partial charge in [0.2, 0.25) is 10.0 Å². The highest BCUT2D eigenvalue weighted by Gasteiger charge is 2.27. The standard InChI is InChI=1S/C15H22N2O4S/c1-3-17(10-12-8-9-21-11-12)22(19,20)14-6-4-13(5-7-14)15(18)16-2/h4-7,12H,3,8-11H2,1-2H3,(H,16,18)/t12-/m0/s1. The average molecular weight is 326 g/mol. The summed E-state index contributed by atoms with van der Waals surface area (Å²) in [6.07, 6.45) is 0.891. The highest BCUT2D eigenvalue weighted by molar-refractivity contribution is 7.89. The first-order valence-corrected chi connectivity index (χ1v) is 8.83. The van der Waals surface area contributed by atoms with Gasteiger partial charge in [0.25, 0.3) is 5.91 Å². The predicted octanol–water partition coefficient (Wildman–Crippen LogP) is 1.09. The Morgan fingerprint density at radius 2 is 2.05 bits per heavy atom. The van der Waals surface area contributed by atoms with Crippen LogP contribution in [0.1, 0.15) is 23.7 Å². The maximum Gasteiger partial charge on any atom is 0.251 e. The summed E-state index contributed by atoms with van der Waals surface area (Å²) in [7, 11) is -2.00. The molecular weight excluding hydrogens is 304 g/mol. The Morgan fingerprint density at radius 1 is 1.36 bits per heavy atom. The van der Waals surface area contributed by atoms with E-state index in [4.69, 9.17) is 4.74 Å². The van der Waals surface area contributed by atoms with Crippen molar-refractivity contribution in [1.29, 1.82) is 0 Å². The molecule has 2 rings (SSSR count). The smallest absolute Gasteiger partial charge is 0.251 e. The van der Waals surface area contributed by atoms with Gasteiger partial charge in [0.15, 0.2) is 0 Å². The second kappa shape index (κ2) is 7.21. The van der Waals surface area contributed by atoms with Crippen LogP contribution in [0.2, 0.25) is 0 Å². The molecule has 0 saturated carbocycles. The molecule has 1 aromatic rings. The average Bonchev–Trinajstić information content (AvgIpc) is 3.04. The fraction of sp³-hybridized carbons (Fsp3) is 0.533. The molecule has 1 aliphatic heterocycles. The molecule has 122 valence electrons. The van der Waals surface area contributed by atoms with Gasteiger partial charge in [-0.1, -0.05) is 6.92 Å². The minimum Gasteiger partial charge on any atom is -0.381 e. The summed E-state index contributed by atoms with van der Waals surface area (Å²) in [5.74, 6) is 0.0132. The summed E-state index contributed by atoms with van der Waals surface area (Å²) in [5.41, 5.74) is 0.439. The number of carbonyl (C=O) groups excluding carboxylic acids is 1. The lowest BCUT2D eigenvalue weighted by atomic mass is 10.1. The molecule has 7 heteroatoms. The van der Waals surface area contributed by atoms with Gasteiger partial charge in [0, 0.05) is 32.3 Å². The monoisotopic (exact) mass is 326 g/mol. The Bertz CT molecular complexity index is 607. The molecular formula is C15H22N2O4S. The van der Waals surface area contributed by atoms with Crippen LogP contribution < -0.4 is 5.32 Å². The minimum absolute atomic E-state index is 0.209. The van der Waals surface area contributed by atoms with Crippen LogP contribution >= 0.6 is 0 Å². The molecule has 1 aromatic carbocycles. The molecule has 6 nitrogen and oxygen atoms in total. The lowest BCUT2D eigenvalue weighted by Crippen LogP contribution is -2.35. The maximum atomic E-state index is 12.7. The Balaban J connectivity index is 2.18. The van der Waals surface area contributed by atoms with Crippen molar-refractivity contribution in [3.8, 4) is 0 Å². The predicted molar refractivity (Wildman–Crippen MR) is 83.2 cm³/mol. The van der Waals surface area contributed by atoms with Gasteiger partial charge in [-0.25, -0.2) is 8.42 Å². The second-order valence-electron chi connectivity index (χ2n) is 5.29. The molecule has 1 fully saturated rings.